The van der Waals surface area contributed by atoms with Crippen molar-refractivity contribution in [1.29, 1.82) is 0 Å². The third-order valence-corrected chi connectivity index (χ3v) is 7.28. The van der Waals surface area contributed by atoms with Crippen LogP contribution in [0.2, 0.25) is 0 Å². The van der Waals surface area contributed by atoms with Gasteiger partial charge in [-0.05, 0) is 54.7 Å². The van der Waals surface area contributed by atoms with E-state index in [1.165, 1.54) is 12.6 Å². The number of nitrogens with one attached hydrogen (secondary N) is 2. The molecule has 0 aliphatic heterocycles. The average molecular weight is 480 g/mol. The van der Waals surface area contributed by atoms with Gasteiger partial charge in [0.15, 0.2) is 0 Å². The number of carbonyl (C=O) groups excluding carboxylic acids is 1. The Labute approximate surface area is 208 Å². The molecule has 2 N–H and O–H groups in total. The summed E-state index contributed by atoms with van der Waals surface area (Å²) in [5.74, 6) is -0.0228. The van der Waals surface area contributed by atoms with Crippen molar-refractivity contribution in [2.24, 2.45) is 5.92 Å². The molecule has 1 amide bonds. The first kappa shape index (κ1) is 22.3. The van der Waals surface area contributed by atoms with Gasteiger partial charge in [-0.1, -0.05) is 31.9 Å². The molecule has 1 saturated carbocycles. The number of pyridine rings is 3. The normalized spacial score (nSPS) is 17.9. The third-order valence-electron chi connectivity index (χ3n) is 7.28. The maximum atomic E-state index is 15.3. The van der Waals surface area contributed by atoms with Crippen molar-refractivity contribution in [2.75, 3.05) is 0 Å². The molecule has 180 valence electrons. The molecule has 1 aliphatic rings. The summed E-state index contributed by atoms with van der Waals surface area (Å²) in [7, 11) is 0. The maximum Gasteiger partial charge on any atom is 0.251 e. The van der Waals surface area contributed by atoms with Gasteiger partial charge in [0.25, 0.3) is 5.91 Å². The second-order valence-electron chi connectivity index (χ2n) is 9.61. The smallest absolute Gasteiger partial charge is 0.251 e. The molecule has 6 rings (SSSR count). The molecule has 6 nitrogen and oxygen atoms in total. The minimum absolute atomic E-state index is 0.0834. The monoisotopic (exact) mass is 479 g/mol. The van der Waals surface area contributed by atoms with Gasteiger partial charge in [-0.3, -0.25) is 14.8 Å². The van der Waals surface area contributed by atoms with Crippen molar-refractivity contribution in [2.45, 2.75) is 38.6 Å². The summed E-state index contributed by atoms with van der Waals surface area (Å²) in [6.07, 6.45) is 11.0. The van der Waals surface area contributed by atoms with E-state index in [1.54, 1.807) is 42.9 Å². The quantitative estimate of drug-likeness (QED) is 0.317. The van der Waals surface area contributed by atoms with Crippen molar-refractivity contribution < 1.29 is 9.18 Å². The van der Waals surface area contributed by atoms with Crippen LogP contribution in [0.4, 0.5) is 4.39 Å². The van der Waals surface area contributed by atoms with Gasteiger partial charge in [0.05, 0.1) is 23.6 Å². The van der Waals surface area contributed by atoms with Crippen molar-refractivity contribution in [3.05, 3.63) is 78.6 Å². The fourth-order valence-electron chi connectivity index (χ4n) is 5.26. The highest BCUT2D eigenvalue weighted by atomic mass is 19.1. The number of hydrogen-bond donors (Lipinski definition) is 2. The van der Waals surface area contributed by atoms with E-state index >= 15 is 4.39 Å². The summed E-state index contributed by atoms with van der Waals surface area (Å²) in [4.78, 5) is 29.1. The predicted molar refractivity (Wildman–Crippen MR) is 139 cm³/mol. The number of aromatic nitrogens is 4. The van der Waals surface area contributed by atoms with Crippen LogP contribution in [0.3, 0.4) is 0 Å². The topological polar surface area (TPSA) is 83.6 Å². The van der Waals surface area contributed by atoms with Gasteiger partial charge in [-0.25, -0.2) is 9.37 Å². The molecule has 0 bridgehead atoms. The lowest BCUT2D eigenvalue weighted by molar-refractivity contribution is 0.0910. The first-order valence-electron chi connectivity index (χ1n) is 12.4. The van der Waals surface area contributed by atoms with Crippen LogP contribution in [0.15, 0.2) is 67.3 Å². The Kier molecular flexibility index (Phi) is 5.68. The molecule has 2 unspecified atom stereocenters. The van der Waals surface area contributed by atoms with Crippen LogP contribution in [0, 0.1) is 11.7 Å². The van der Waals surface area contributed by atoms with Crippen LogP contribution < -0.4 is 5.32 Å². The molecule has 5 aromatic rings. The summed E-state index contributed by atoms with van der Waals surface area (Å²) in [5.41, 5.74) is 4.68. The standard InChI is InChI=1S/C29H26FN5O/c1-17-5-2-3-7-23(17)35-29(36)19-10-8-18(9-11-19)26-22(30)15-33-28-27(26)21-13-24(32-16-25(21)34-28)20-6-4-12-31-14-20/h4,6,8-17,23H,2-3,5,7H2,1H3,(H,33,34)(H,35,36). The second-order valence-corrected chi connectivity index (χ2v) is 9.61. The number of rotatable bonds is 4. The minimum atomic E-state index is -0.420. The first-order chi connectivity index (χ1) is 17.6. The summed E-state index contributed by atoms with van der Waals surface area (Å²) >= 11 is 0. The van der Waals surface area contributed by atoms with E-state index in [4.69, 9.17) is 0 Å². The zero-order valence-corrected chi connectivity index (χ0v) is 20.0. The van der Waals surface area contributed by atoms with Gasteiger partial charge in [0, 0.05) is 45.9 Å². The number of carbonyl (C=O) groups is 1. The maximum absolute atomic E-state index is 15.3. The van der Waals surface area contributed by atoms with Crippen molar-refractivity contribution in [3.63, 3.8) is 0 Å². The molecule has 0 radical (unpaired) electrons. The summed E-state index contributed by atoms with van der Waals surface area (Å²) in [5, 5.41) is 4.70. The zero-order chi connectivity index (χ0) is 24.6. The number of H-pyrrole nitrogens is 1. The average Bonchev–Trinajstić information content (AvgIpc) is 3.28. The van der Waals surface area contributed by atoms with Crippen LogP contribution in [-0.2, 0) is 0 Å². The summed E-state index contributed by atoms with van der Waals surface area (Å²) in [6.45, 7) is 2.20. The van der Waals surface area contributed by atoms with E-state index in [1.807, 2.05) is 18.2 Å². The molecule has 1 aliphatic carbocycles. The van der Waals surface area contributed by atoms with Crippen LogP contribution in [0.25, 0.3) is 44.3 Å². The Hall–Kier alpha value is -4.13. The Morgan fingerprint density at radius 1 is 1.03 bits per heavy atom. The molecule has 36 heavy (non-hydrogen) atoms. The van der Waals surface area contributed by atoms with Gasteiger partial charge in [0.2, 0.25) is 0 Å². The van der Waals surface area contributed by atoms with E-state index in [-0.39, 0.29) is 11.9 Å². The fraction of sp³-hybridized carbons (Fsp3) is 0.241. The lowest BCUT2D eigenvalue weighted by atomic mass is 9.86. The number of halogens is 1. The van der Waals surface area contributed by atoms with Gasteiger partial charge < -0.3 is 10.3 Å². The molecule has 0 spiro atoms. The number of amides is 1. The van der Waals surface area contributed by atoms with E-state index in [2.05, 4.69) is 32.2 Å². The molecule has 1 aromatic carbocycles. The summed E-state index contributed by atoms with van der Waals surface area (Å²) < 4.78 is 15.3. The van der Waals surface area contributed by atoms with Crippen molar-refractivity contribution >= 4 is 27.8 Å². The van der Waals surface area contributed by atoms with E-state index in [9.17, 15) is 4.79 Å². The highest BCUT2D eigenvalue weighted by Gasteiger charge is 2.23. The molecule has 1 fully saturated rings. The van der Waals surface area contributed by atoms with Crippen LogP contribution in [-0.4, -0.2) is 31.9 Å². The Morgan fingerprint density at radius 3 is 2.64 bits per heavy atom. The van der Waals surface area contributed by atoms with E-state index in [0.717, 1.165) is 41.4 Å². The second kappa shape index (κ2) is 9.15. The number of fused-ring (bicyclic) bond motifs is 3. The minimum Gasteiger partial charge on any atom is -0.349 e. The van der Waals surface area contributed by atoms with Crippen molar-refractivity contribution in [1.82, 2.24) is 25.3 Å². The predicted octanol–water partition coefficient (Wildman–Crippen LogP) is 6.29. The first-order valence-corrected chi connectivity index (χ1v) is 12.4. The highest BCUT2D eigenvalue weighted by Crippen LogP contribution is 2.36. The van der Waals surface area contributed by atoms with E-state index in [0.29, 0.717) is 33.6 Å². The lowest BCUT2D eigenvalue weighted by Crippen LogP contribution is -2.41. The molecule has 4 aromatic heterocycles. The van der Waals surface area contributed by atoms with Gasteiger partial charge in [-0.15, -0.1) is 0 Å². The SMILES string of the molecule is CC1CCCCC1NC(=O)c1ccc(-c2c(F)cnc3[nH]c4cnc(-c5cccnc5)cc4c23)cc1. The molecule has 0 saturated heterocycles. The molecule has 2 atom stereocenters. The zero-order valence-electron chi connectivity index (χ0n) is 20.0. The number of benzene rings is 1. The largest absolute Gasteiger partial charge is 0.349 e. The molecular formula is C29H26FN5O. The van der Waals surface area contributed by atoms with Crippen LogP contribution in [0.1, 0.15) is 43.0 Å². The summed E-state index contributed by atoms with van der Waals surface area (Å²) in [6, 6.07) is 13.1. The number of nitrogens with zero attached hydrogens (tertiary/aromatic N) is 3. The lowest BCUT2D eigenvalue weighted by Gasteiger charge is -2.29. The Morgan fingerprint density at radius 2 is 1.86 bits per heavy atom. The highest BCUT2D eigenvalue weighted by molar-refractivity contribution is 6.13. The number of hydrogen-bond acceptors (Lipinski definition) is 4. The van der Waals surface area contributed by atoms with Crippen molar-refractivity contribution in [3.8, 4) is 22.4 Å². The molecular weight excluding hydrogens is 453 g/mol. The van der Waals surface area contributed by atoms with Crippen LogP contribution >= 0.6 is 0 Å². The Bertz CT molecular complexity index is 1560. The fourth-order valence-corrected chi connectivity index (χ4v) is 5.26. The van der Waals surface area contributed by atoms with Gasteiger partial charge in [-0.2, -0.15) is 0 Å². The van der Waals surface area contributed by atoms with Gasteiger partial charge in [0.1, 0.15) is 11.5 Å². The van der Waals surface area contributed by atoms with E-state index < -0.39 is 5.82 Å². The van der Waals surface area contributed by atoms with Gasteiger partial charge >= 0.3 is 0 Å². The Balaban J connectivity index is 1.39. The molecule has 4 heterocycles. The van der Waals surface area contributed by atoms with Crippen LogP contribution in [0.5, 0.6) is 0 Å². The molecule has 7 heteroatoms. The third kappa shape index (κ3) is 4.00. The number of aromatic amines is 1.